The number of para-hydroxylation sites is 1. The van der Waals surface area contributed by atoms with Gasteiger partial charge in [-0.05, 0) is 29.7 Å². The lowest BCUT2D eigenvalue weighted by molar-refractivity contribution is -0.143. The lowest BCUT2D eigenvalue weighted by atomic mass is 10.1. The second-order valence-electron chi connectivity index (χ2n) is 7.25. The highest BCUT2D eigenvalue weighted by molar-refractivity contribution is 5.79. The molecular formula is C25H24N2O4. The predicted molar refractivity (Wildman–Crippen MR) is 116 cm³/mol. The lowest BCUT2D eigenvalue weighted by Crippen LogP contribution is -2.39. The van der Waals surface area contributed by atoms with Crippen molar-refractivity contribution >= 4 is 12.0 Å². The van der Waals surface area contributed by atoms with Crippen molar-refractivity contribution in [1.29, 1.82) is 0 Å². The van der Waals surface area contributed by atoms with Crippen LogP contribution in [0.15, 0.2) is 84.9 Å². The zero-order valence-corrected chi connectivity index (χ0v) is 17.1. The summed E-state index contributed by atoms with van der Waals surface area (Å²) in [5.41, 5.74) is 2.70. The van der Waals surface area contributed by atoms with Crippen molar-refractivity contribution in [3.8, 4) is 5.75 Å². The number of alkyl carbamates (subject to hydrolysis) is 1. The van der Waals surface area contributed by atoms with Gasteiger partial charge in [0, 0.05) is 13.1 Å². The molecule has 2 amide bonds. The summed E-state index contributed by atoms with van der Waals surface area (Å²) in [5, 5.41) is 2.79. The Balaban J connectivity index is 1.51. The molecule has 0 fully saturated rings. The van der Waals surface area contributed by atoms with E-state index in [1.165, 1.54) is 4.90 Å². The molecule has 1 atom stereocenters. The Kier molecular flexibility index (Phi) is 6.47. The Morgan fingerprint density at radius 3 is 2.32 bits per heavy atom. The maximum atomic E-state index is 12.9. The van der Waals surface area contributed by atoms with Crippen LogP contribution in [0.5, 0.6) is 5.75 Å². The molecular weight excluding hydrogens is 392 g/mol. The van der Waals surface area contributed by atoms with E-state index in [9.17, 15) is 9.59 Å². The summed E-state index contributed by atoms with van der Waals surface area (Å²) in [4.78, 5) is 27.0. The Hall–Kier alpha value is -3.80. The number of nitrogens with zero attached hydrogens (tertiary/aromatic N) is 1. The summed E-state index contributed by atoms with van der Waals surface area (Å²) >= 11 is 0. The number of nitrogens with one attached hydrogen (secondary N) is 1. The number of ether oxygens (including phenoxy) is 2. The third-order valence-electron chi connectivity index (χ3n) is 5.08. The van der Waals surface area contributed by atoms with E-state index in [0.717, 1.165) is 11.1 Å². The van der Waals surface area contributed by atoms with Crippen LogP contribution in [0.1, 0.15) is 22.9 Å². The van der Waals surface area contributed by atoms with Crippen molar-refractivity contribution in [1.82, 2.24) is 10.2 Å². The third-order valence-corrected chi connectivity index (χ3v) is 5.08. The van der Waals surface area contributed by atoms with Gasteiger partial charge in [-0.3, -0.25) is 9.69 Å². The first-order valence-corrected chi connectivity index (χ1v) is 10.2. The van der Waals surface area contributed by atoms with Gasteiger partial charge >= 0.3 is 6.09 Å². The van der Waals surface area contributed by atoms with Gasteiger partial charge in [0.15, 0.2) is 6.61 Å². The zero-order valence-electron chi connectivity index (χ0n) is 17.1. The molecule has 0 radical (unpaired) electrons. The van der Waals surface area contributed by atoms with Gasteiger partial charge in [-0.25, -0.2) is 4.79 Å². The molecule has 0 bridgehead atoms. The summed E-state index contributed by atoms with van der Waals surface area (Å²) < 4.78 is 11.4. The van der Waals surface area contributed by atoms with E-state index >= 15 is 0 Å². The van der Waals surface area contributed by atoms with E-state index in [4.69, 9.17) is 9.47 Å². The van der Waals surface area contributed by atoms with Gasteiger partial charge in [0.25, 0.3) is 5.91 Å². The second-order valence-corrected chi connectivity index (χ2v) is 7.25. The highest BCUT2D eigenvalue weighted by atomic mass is 16.6. The van der Waals surface area contributed by atoms with Crippen LogP contribution in [0.3, 0.4) is 0 Å². The van der Waals surface area contributed by atoms with Gasteiger partial charge in [0.2, 0.25) is 6.23 Å². The van der Waals surface area contributed by atoms with Gasteiger partial charge in [0.05, 0.1) is 5.56 Å². The maximum Gasteiger partial charge on any atom is 0.409 e. The highest BCUT2D eigenvalue weighted by Crippen LogP contribution is 2.34. The molecule has 0 saturated heterocycles. The summed E-state index contributed by atoms with van der Waals surface area (Å²) in [7, 11) is 0. The number of carbonyl (C=O) groups excluding carboxylic acids is 2. The quantitative estimate of drug-likeness (QED) is 0.658. The third kappa shape index (κ3) is 5.22. The van der Waals surface area contributed by atoms with Crippen LogP contribution in [0, 0.1) is 0 Å². The molecule has 0 aromatic heterocycles. The summed E-state index contributed by atoms with van der Waals surface area (Å²) in [6, 6.07) is 26.7. The van der Waals surface area contributed by atoms with Crippen molar-refractivity contribution in [3.63, 3.8) is 0 Å². The minimum Gasteiger partial charge on any atom is -0.483 e. The summed E-state index contributed by atoms with van der Waals surface area (Å²) in [6.45, 7) is 0.624. The smallest absolute Gasteiger partial charge is 0.409 e. The van der Waals surface area contributed by atoms with Crippen LogP contribution in [-0.4, -0.2) is 30.1 Å². The Morgan fingerprint density at radius 2 is 1.58 bits per heavy atom. The number of rotatable bonds is 6. The number of benzene rings is 3. The molecule has 0 saturated carbocycles. The molecule has 158 valence electrons. The van der Waals surface area contributed by atoms with E-state index < -0.39 is 12.3 Å². The minimum atomic E-state index is -0.886. The number of carbonyl (C=O) groups is 2. The van der Waals surface area contributed by atoms with Crippen LogP contribution < -0.4 is 10.1 Å². The second kappa shape index (κ2) is 9.80. The maximum absolute atomic E-state index is 12.9. The fourth-order valence-corrected chi connectivity index (χ4v) is 3.51. The van der Waals surface area contributed by atoms with Crippen LogP contribution in [0.25, 0.3) is 0 Å². The zero-order chi connectivity index (χ0) is 21.5. The first-order valence-electron chi connectivity index (χ1n) is 10.2. The predicted octanol–water partition coefficient (Wildman–Crippen LogP) is 4.08. The fraction of sp³-hybridized carbons (Fsp3) is 0.200. The number of hydrogen-bond donors (Lipinski definition) is 1. The van der Waals surface area contributed by atoms with E-state index in [1.807, 2.05) is 78.9 Å². The average molecular weight is 416 g/mol. The standard InChI is InChI=1S/C25H24N2O4/c28-23-18-30-22-14-8-7-13-21(22)24(27(23)17-20-11-5-2-6-12-20)31-25(29)26-16-15-19-9-3-1-4-10-19/h1-14,24H,15-18H2,(H,26,29). The number of amides is 2. The van der Waals surface area contributed by atoms with Gasteiger partial charge in [-0.15, -0.1) is 0 Å². The summed E-state index contributed by atoms with van der Waals surface area (Å²) in [6.07, 6.45) is -0.779. The normalized spacial score (nSPS) is 15.4. The molecule has 4 rings (SSSR count). The lowest BCUT2D eigenvalue weighted by Gasteiger charge is -2.29. The molecule has 1 heterocycles. The molecule has 0 aliphatic carbocycles. The Morgan fingerprint density at radius 1 is 0.935 bits per heavy atom. The molecule has 0 spiro atoms. The molecule has 6 nitrogen and oxygen atoms in total. The molecule has 3 aromatic carbocycles. The van der Waals surface area contributed by atoms with Crippen LogP contribution >= 0.6 is 0 Å². The number of fused-ring (bicyclic) bond motifs is 1. The molecule has 1 aliphatic heterocycles. The van der Waals surface area contributed by atoms with Gasteiger partial charge in [0.1, 0.15) is 5.75 Å². The van der Waals surface area contributed by atoms with Gasteiger partial charge in [-0.2, -0.15) is 0 Å². The van der Waals surface area contributed by atoms with E-state index in [1.54, 1.807) is 6.07 Å². The topological polar surface area (TPSA) is 67.9 Å². The Bertz CT molecular complexity index is 1020. The van der Waals surface area contributed by atoms with Crippen LogP contribution in [0.2, 0.25) is 0 Å². The van der Waals surface area contributed by atoms with Crippen molar-refractivity contribution < 1.29 is 19.1 Å². The first kappa shape index (κ1) is 20.5. The fourth-order valence-electron chi connectivity index (χ4n) is 3.51. The first-order chi connectivity index (χ1) is 15.2. The molecule has 6 heteroatoms. The van der Waals surface area contributed by atoms with Crippen LogP contribution in [0.4, 0.5) is 4.79 Å². The van der Waals surface area contributed by atoms with Crippen molar-refractivity contribution in [2.75, 3.05) is 13.2 Å². The molecule has 1 unspecified atom stereocenters. The van der Waals surface area contributed by atoms with Crippen molar-refractivity contribution in [2.24, 2.45) is 0 Å². The SMILES string of the molecule is O=C(NCCc1ccccc1)OC1c2ccccc2OCC(=O)N1Cc1ccccc1. The largest absolute Gasteiger partial charge is 0.483 e. The molecule has 1 aliphatic rings. The van der Waals surface area contributed by atoms with Gasteiger partial charge in [-0.1, -0.05) is 72.8 Å². The van der Waals surface area contributed by atoms with Crippen molar-refractivity contribution in [3.05, 3.63) is 102 Å². The summed E-state index contributed by atoms with van der Waals surface area (Å²) in [5.74, 6) is 0.288. The highest BCUT2D eigenvalue weighted by Gasteiger charge is 2.34. The van der Waals surface area contributed by atoms with E-state index in [0.29, 0.717) is 30.8 Å². The average Bonchev–Trinajstić information content (AvgIpc) is 2.93. The van der Waals surface area contributed by atoms with Crippen LogP contribution in [-0.2, 0) is 22.5 Å². The Labute approximate surface area is 181 Å². The monoisotopic (exact) mass is 416 g/mol. The molecule has 31 heavy (non-hydrogen) atoms. The molecule has 3 aromatic rings. The van der Waals surface area contributed by atoms with E-state index in [-0.39, 0.29) is 12.5 Å². The molecule has 1 N–H and O–H groups in total. The van der Waals surface area contributed by atoms with Crippen molar-refractivity contribution in [2.45, 2.75) is 19.2 Å². The minimum absolute atomic E-state index is 0.112. The van der Waals surface area contributed by atoms with Gasteiger partial charge < -0.3 is 14.8 Å². The van der Waals surface area contributed by atoms with E-state index in [2.05, 4.69) is 5.32 Å². The number of hydrogen-bond acceptors (Lipinski definition) is 4.